The summed E-state index contributed by atoms with van der Waals surface area (Å²) in [6, 6.07) is 12.5. The third kappa shape index (κ3) is 2.88. The Balaban J connectivity index is 2.06. The van der Waals surface area contributed by atoms with Gasteiger partial charge in [0.2, 0.25) is 0 Å². The van der Waals surface area contributed by atoms with E-state index in [0.29, 0.717) is 15.8 Å². The zero-order chi connectivity index (χ0) is 14.9. The second-order valence-corrected chi connectivity index (χ2v) is 6.68. The third-order valence-electron chi connectivity index (χ3n) is 2.91. The van der Waals surface area contributed by atoms with Gasteiger partial charge in [0, 0.05) is 5.39 Å². The van der Waals surface area contributed by atoms with Crippen LogP contribution < -0.4 is 4.72 Å². The summed E-state index contributed by atoms with van der Waals surface area (Å²) in [4.78, 5) is 8.02. The molecule has 0 saturated carbocycles. The first-order valence-electron chi connectivity index (χ1n) is 6.04. The van der Waals surface area contributed by atoms with Crippen molar-refractivity contribution < 1.29 is 8.42 Å². The van der Waals surface area contributed by atoms with Crippen molar-refractivity contribution in [2.24, 2.45) is 0 Å². The van der Waals surface area contributed by atoms with Crippen molar-refractivity contribution >= 4 is 42.4 Å². The molecular weight excluding hydrogens is 354 g/mol. The summed E-state index contributed by atoms with van der Waals surface area (Å²) >= 11 is 3.10. The molecule has 0 fully saturated rings. The van der Waals surface area contributed by atoms with E-state index in [9.17, 15) is 8.42 Å². The number of nitrogens with zero attached hydrogens (tertiary/aromatic N) is 2. The largest absolute Gasteiger partial charge is 0.276 e. The van der Waals surface area contributed by atoms with E-state index in [1.807, 2.05) is 24.3 Å². The Hall–Kier alpha value is -1.99. The smallest absolute Gasteiger partial charge is 0.262 e. The highest BCUT2D eigenvalue weighted by Gasteiger charge is 2.17. The lowest BCUT2D eigenvalue weighted by Gasteiger charge is -2.10. The van der Waals surface area contributed by atoms with Crippen LogP contribution in [0.15, 0.2) is 64.5 Å². The molecule has 21 heavy (non-hydrogen) atoms. The Morgan fingerprint density at radius 1 is 0.952 bits per heavy atom. The number of benzene rings is 2. The summed E-state index contributed by atoms with van der Waals surface area (Å²) < 4.78 is 27.9. The van der Waals surface area contributed by atoms with E-state index in [2.05, 4.69) is 30.6 Å². The van der Waals surface area contributed by atoms with E-state index in [0.717, 1.165) is 5.39 Å². The summed E-state index contributed by atoms with van der Waals surface area (Å²) in [5.41, 5.74) is 0.311. The lowest BCUT2D eigenvalue weighted by atomic mass is 10.1. The molecule has 5 nitrogen and oxygen atoms in total. The van der Waals surface area contributed by atoms with Crippen molar-refractivity contribution in [2.75, 3.05) is 4.72 Å². The quantitative estimate of drug-likeness (QED) is 0.725. The van der Waals surface area contributed by atoms with E-state index in [1.165, 1.54) is 12.4 Å². The van der Waals surface area contributed by atoms with Crippen molar-refractivity contribution in [3.05, 3.63) is 59.6 Å². The van der Waals surface area contributed by atoms with Gasteiger partial charge in [0.1, 0.15) is 0 Å². The van der Waals surface area contributed by atoms with Crippen molar-refractivity contribution in [3.63, 3.8) is 0 Å². The Morgan fingerprint density at radius 3 is 2.38 bits per heavy atom. The molecule has 3 aromatic rings. The van der Waals surface area contributed by atoms with Gasteiger partial charge >= 0.3 is 0 Å². The van der Waals surface area contributed by atoms with Gasteiger partial charge in [0.25, 0.3) is 10.0 Å². The molecule has 0 spiro atoms. The third-order valence-corrected chi connectivity index (χ3v) is 4.76. The number of fused-ring (bicyclic) bond motifs is 1. The van der Waals surface area contributed by atoms with Gasteiger partial charge in [-0.3, -0.25) is 4.72 Å². The predicted octanol–water partition coefficient (Wildman–Crippen LogP) is 3.19. The number of aromatic nitrogens is 2. The molecule has 1 heterocycles. The molecule has 1 N–H and O–H groups in total. The Labute approximate surface area is 130 Å². The van der Waals surface area contributed by atoms with Crippen LogP contribution in [0.4, 0.5) is 5.69 Å². The van der Waals surface area contributed by atoms with Crippen LogP contribution in [0.3, 0.4) is 0 Å². The zero-order valence-corrected chi connectivity index (χ0v) is 13.1. The topological polar surface area (TPSA) is 72.0 Å². The molecule has 2 aromatic carbocycles. The van der Waals surface area contributed by atoms with Crippen molar-refractivity contribution in [1.29, 1.82) is 0 Å². The fourth-order valence-corrected chi connectivity index (χ4v) is 3.47. The summed E-state index contributed by atoms with van der Waals surface area (Å²) in [7, 11) is -3.70. The molecule has 1 aromatic heterocycles. The molecule has 0 aliphatic rings. The number of hydrogen-bond donors (Lipinski definition) is 1. The maximum atomic E-state index is 12.5. The second-order valence-electron chi connectivity index (χ2n) is 4.32. The number of nitrogens with one attached hydrogen (secondary N) is 1. The molecule has 0 radical (unpaired) electrons. The maximum Gasteiger partial charge on any atom is 0.262 e. The first-order chi connectivity index (χ1) is 10.1. The molecule has 0 atom stereocenters. The van der Waals surface area contributed by atoms with Crippen LogP contribution in [0.2, 0.25) is 0 Å². The monoisotopic (exact) mass is 363 g/mol. The van der Waals surface area contributed by atoms with Gasteiger partial charge in [-0.25, -0.2) is 18.4 Å². The molecule has 0 aliphatic carbocycles. The molecular formula is C14H10BrN3O2S. The van der Waals surface area contributed by atoms with E-state index in [-0.39, 0.29) is 4.90 Å². The van der Waals surface area contributed by atoms with Gasteiger partial charge in [0.15, 0.2) is 4.73 Å². The summed E-state index contributed by atoms with van der Waals surface area (Å²) in [5, 5.41) is 1.54. The average Bonchev–Trinajstić information content (AvgIpc) is 2.49. The molecule has 0 aliphatic heterocycles. The first kappa shape index (κ1) is 14.0. The van der Waals surface area contributed by atoms with Gasteiger partial charge in [-0.2, -0.15) is 0 Å². The number of sulfonamides is 1. The molecule has 0 amide bonds. The predicted molar refractivity (Wildman–Crippen MR) is 84.5 cm³/mol. The number of halogens is 1. The molecule has 0 saturated heterocycles. The number of rotatable bonds is 3. The Bertz CT molecular complexity index is 890. The Kier molecular flexibility index (Phi) is 3.60. The van der Waals surface area contributed by atoms with Crippen LogP contribution in [0.1, 0.15) is 0 Å². The molecule has 0 bridgehead atoms. The minimum atomic E-state index is -3.70. The van der Waals surface area contributed by atoms with E-state index < -0.39 is 10.0 Å². The standard InChI is InChI=1S/C14H10BrN3O2S/c15-14-16-8-11(9-17-14)18-21(19,20)13-7-3-5-10-4-1-2-6-12(10)13/h1-9,18H. The van der Waals surface area contributed by atoms with E-state index >= 15 is 0 Å². The fourth-order valence-electron chi connectivity index (χ4n) is 2.01. The lowest BCUT2D eigenvalue weighted by Crippen LogP contribution is -2.13. The second kappa shape index (κ2) is 5.42. The van der Waals surface area contributed by atoms with Crippen LogP contribution in [0, 0.1) is 0 Å². The van der Waals surface area contributed by atoms with Crippen molar-refractivity contribution in [3.8, 4) is 0 Å². The minimum Gasteiger partial charge on any atom is -0.276 e. The highest BCUT2D eigenvalue weighted by atomic mass is 79.9. The minimum absolute atomic E-state index is 0.225. The Morgan fingerprint density at radius 2 is 1.62 bits per heavy atom. The lowest BCUT2D eigenvalue weighted by molar-refractivity contribution is 0.602. The highest BCUT2D eigenvalue weighted by molar-refractivity contribution is 9.10. The average molecular weight is 364 g/mol. The van der Waals surface area contributed by atoms with E-state index in [1.54, 1.807) is 18.2 Å². The molecule has 3 rings (SSSR count). The highest BCUT2D eigenvalue weighted by Crippen LogP contribution is 2.24. The van der Waals surface area contributed by atoms with Gasteiger partial charge in [0.05, 0.1) is 23.0 Å². The normalized spacial score (nSPS) is 11.5. The first-order valence-corrected chi connectivity index (χ1v) is 8.32. The number of anilines is 1. The zero-order valence-electron chi connectivity index (χ0n) is 10.7. The maximum absolute atomic E-state index is 12.5. The summed E-state index contributed by atoms with van der Waals surface area (Å²) in [6.45, 7) is 0. The van der Waals surface area contributed by atoms with Crippen LogP contribution in [-0.2, 0) is 10.0 Å². The number of hydrogen-bond acceptors (Lipinski definition) is 4. The van der Waals surface area contributed by atoms with Crippen LogP contribution in [0.5, 0.6) is 0 Å². The fraction of sp³-hybridized carbons (Fsp3) is 0. The van der Waals surface area contributed by atoms with Crippen LogP contribution in [-0.4, -0.2) is 18.4 Å². The molecule has 7 heteroatoms. The van der Waals surface area contributed by atoms with E-state index in [4.69, 9.17) is 0 Å². The van der Waals surface area contributed by atoms with Gasteiger partial charge in [-0.05, 0) is 27.4 Å². The summed E-state index contributed by atoms with van der Waals surface area (Å²) in [6.07, 6.45) is 2.81. The van der Waals surface area contributed by atoms with Gasteiger partial charge in [-0.1, -0.05) is 36.4 Å². The molecule has 0 unspecified atom stereocenters. The van der Waals surface area contributed by atoms with Crippen LogP contribution in [0.25, 0.3) is 10.8 Å². The molecule has 106 valence electrons. The summed E-state index contributed by atoms with van der Waals surface area (Å²) in [5.74, 6) is 0. The SMILES string of the molecule is O=S(=O)(Nc1cnc(Br)nc1)c1cccc2ccccc12. The van der Waals surface area contributed by atoms with Crippen molar-refractivity contribution in [2.45, 2.75) is 4.90 Å². The van der Waals surface area contributed by atoms with Crippen molar-refractivity contribution in [1.82, 2.24) is 9.97 Å². The van der Waals surface area contributed by atoms with Crippen LogP contribution >= 0.6 is 15.9 Å². The van der Waals surface area contributed by atoms with Gasteiger partial charge < -0.3 is 0 Å². The van der Waals surface area contributed by atoms with Gasteiger partial charge in [-0.15, -0.1) is 0 Å².